The highest BCUT2D eigenvalue weighted by atomic mass is 32.2. The maximum atomic E-state index is 13.3. The van der Waals surface area contributed by atoms with Crippen molar-refractivity contribution in [3.63, 3.8) is 0 Å². The summed E-state index contributed by atoms with van der Waals surface area (Å²) in [6.45, 7) is 0.401. The van der Waals surface area contributed by atoms with E-state index in [4.69, 9.17) is 5.26 Å². The van der Waals surface area contributed by atoms with Crippen LogP contribution in [0.4, 0.5) is 10.1 Å². The highest BCUT2D eigenvalue weighted by Crippen LogP contribution is 2.16. The van der Waals surface area contributed by atoms with Crippen LogP contribution in [0.3, 0.4) is 0 Å². The number of nitriles is 1. The summed E-state index contributed by atoms with van der Waals surface area (Å²) in [5.41, 5.74) is 1.59. The van der Waals surface area contributed by atoms with Gasteiger partial charge in [-0.25, -0.2) is 12.8 Å². The van der Waals surface area contributed by atoms with Gasteiger partial charge in [0.15, 0.2) is 9.84 Å². The zero-order chi connectivity index (χ0) is 15.5. The average molecular weight is 304 g/mol. The molecule has 0 amide bonds. The molecular formula is C15H13FN2O2S. The quantitative estimate of drug-likeness (QED) is 0.943. The minimum Gasteiger partial charge on any atom is -0.381 e. The first-order valence-electron chi connectivity index (χ1n) is 6.12. The monoisotopic (exact) mass is 304 g/mol. The van der Waals surface area contributed by atoms with Gasteiger partial charge in [-0.1, -0.05) is 12.1 Å². The zero-order valence-electron chi connectivity index (χ0n) is 11.3. The second kappa shape index (κ2) is 5.94. The van der Waals surface area contributed by atoms with E-state index >= 15 is 0 Å². The molecule has 0 heterocycles. The minimum absolute atomic E-state index is 0.241. The van der Waals surface area contributed by atoms with Crippen molar-refractivity contribution in [2.75, 3.05) is 11.6 Å². The predicted octanol–water partition coefficient (Wildman–Crippen LogP) is 2.71. The van der Waals surface area contributed by atoms with Crippen molar-refractivity contribution < 1.29 is 12.8 Å². The van der Waals surface area contributed by atoms with Crippen LogP contribution in [-0.4, -0.2) is 14.7 Å². The van der Waals surface area contributed by atoms with E-state index in [2.05, 4.69) is 5.32 Å². The summed E-state index contributed by atoms with van der Waals surface area (Å²) in [4.78, 5) is 0.253. The topological polar surface area (TPSA) is 70.0 Å². The Kier molecular flexibility index (Phi) is 4.24. The second-order valence-corrected chi connectivity index (χ2v) is 6.63. The average Bonchev–Trinajstić information content (AvgIpc) is 2.44. The van der Waals surface area contributed by atoms with Crippen molar-refractivity contribution in [2.45, 2.75) is 11.4 Å². The first kappa shape index (κ1) is 15.0. The normalized spacial score (nSPS) is 10.9. The Bertz CT molecular complexity index is 793. The highest BCUT2D eigenvalue weighted by Gasteiger charge is 2.06. The number of rotatable bonds is 4. The Morgan fingerprint density at radius 2 is 1.86 bits per heavy atom. The van der Waals surface area contributed by atoms with Crippen molar-refractivity contribution in [3.8, 4) is 6.07 Å². The lowest BCUT2D eigenvalue weighted by Gasteiger charge is -2.08. The fraction of sp³-hybridized carbons (Fsp3) is 0.133. The van der Waals surface area contributed by atoms with Crippen LogP contribution in [0.2, 0.25) is 0 Å². The molecule has 2 aromatic rings. The molecule has 0 aliphatic heterocycles. The van der Waals surface area contributed by atoms with Crippen LogP contribution in [0.5, 0.6) is 0 Å². The SMILES string of the molecule is CS(=O)(=O)c1ccc(CNc2cc(F)cc(C#N)c2)cc1. The molecule has 0 radical (unpaired) electrons. The molecule has 2 aromatic carbocycles. The highest BCUT2D eigenvalue weighted by molar-refractivity contribution is 7.90. The first-order chi connectivity index (χ1) is 9.88. The van der Waals surface area contributed by atoms with Gasteiger partial charge in [0, 0.05) is 18.5 Å². The van der Waals surface area contributed by atoms with Crippen LogP contribution in [0.25, 0.3) is 0 Å². The van der Waals surface area contributed by atoms with Crippen molar-refractivity contribution in [1.82, 2.24) is 0 Å². The lowest BCUT2D eigenvalue weighted by atomic mass is 10.2. The number of halogens is 1. The van der Waals surface area contributed by atoms with Gasteiger partial charge in [0.25, 0.3) is 0 Å². The molecule has 0 aromatic heterocycles. The number of sulfone groups is 1. The van der Waals surface area contributed by atoms with Gasteiger partial charge in [-0.05, 0) is 35.9 Å². The molecule has 21 heavy (non-hydrogen) atoms. The lowest BCUT2D eigenvalue weighted by molar-refractivity contribution is 0.602. The van der Waals surface area contributed by atoms with Gasteiger partial charge in [0.2, 0.25) is 0 Å². The van der Waals surface area contributed by atoms with Gasteiger partial charge in [-0.15, -0.1) is 0 Å². The standard InChI is InChI=1S/C15H13FN2O2S/c1-21(19,20)15-4-2-11(3-5-15)10-18-14-7-12(9-17)6-13(16)8-14/h2-8,18H,10H2,1H3. The van der Waals surface area contributed by atoms with Crippen LogP contribution < -0.4 is 5.32 Å². The Morgan fingerprint density at radius 1 is 1.19 bits per heavy atom. The van der Waals surface area contributed by atoms with Gasteiger partial charge in [0.05, 0.1) is 16.5 Å². The summed E-state index contributed by atoms with van der Waals surface area (Å²) in [5, 5.41) is 11.8. The van der Waals surface area contributed by atoms with E-state index in [1.807, 2.05) is 6.07 Å². The summed E-state index contributed by atoms with van der Waals surface area (Å²) >= 11 is 0. The molecule has 1 N–H and O–H groups in total. The molecule has 4 nitrogen and oxygen atoms in total. The largest absolute Gasteiger partial charge is 0.381 e. The summed E-state index contributed by atoms with van der Waals surface area (Å²) in [6, 6.07) is 12.3. The molecule has 108 valence electrons. The molecule has 6 heteroatoms. The van der Waals surface area contributed by atoms with Gasteiger partial charge >= 0.3 is 0 Å². The van der Waals surface area contributed by atoms with Gasteiger partial charge in [0.1, 0.15) is 5.82 Å². The molecule has 2 rings (SSSR count). The molecule has 0 bridgehead atoms. The van der Waals surface area contributed by atoms with Crippen molar-refractivity contribution in [3.05, 3.63) is 59.4 Å². The fourth-order valence-corrected chi connectivity index (χ4v) is 2.45. The first-order valence-corrected chi connectivity index (χ1v) is 8.01. The van der Waals surface area contributed by atoms with E-state index in [1.165, 1.54) is 18.2 Å². The van der Waals surface area contributed by atoms with Gasteiger partial charge < -0.3 is 5.32 Å². The van der Waals surface area contributed by atoms with E-state index in [1.54, 1.807) is 18.2 Å². The van der Waals surface area contributed by atoms with E-state index in [0.717, 1.165) is 17.9 Å². The Hall–Kier alpha value is -2.39. The third-order valence-electron chi connectivity index (χ3n) is 2.88. The lowest BCUT2D eigenvalue weighted by Crippen LogP contribution is -2.02. The third kappa shape index (κ3) is 4.04. The minimum atomic E-state index is -3.21. The smallest absolute Gasteiger partial charge is 0.175 e. The maximum Gasteiger partial charge on any atom is 0.175 e. The molecule has 0 saturated carbocycles. The Labute approximate surface area is 122 Å². The van der Waals surface area contributed by atoms with Crippen LogP contribution in [-0.2, 0) is 16.4 Å². The van der Waals surface area contributed by atoms with E-state index in [0.29, 0.717) is 12.2 Å². The molecular weight excluding hydrogens is 291 g/mol. The summed E-state index contributed by atoms with van der Waals surface area (Å²) in [5.74, 6) is -0.482. The molecule has 0 aliphatic rings. The molecule has 0 unspecified atom stereocenters. The summed E-state index contributed by atoms with van der Waals surface area (Å²) in [6.07, 6.45) is 1.15. The summed E-state index contributed by atoms with van der Waals surface area (Å²) in [7, 11) is -3.21. The maximum absolute atomic E-state index is 13.3. The molecule has 0 saturated heterocycles. The van der Waals surface area contributed by atoms with Crippen molar-refractivity contribution >= 4 is 15.5 Å². The van der Waals surface area contributed by atoms with Crippen LogP contribution in [0.1, 0.15) is 11.1 Å². The number of hydrogen-bond acceptors (Lipinski definition) is 4. The Balaban J connectivity index is 2.10. The van der Waals surface area contributed by atoms with Gasteiger partial charge in [-0.2, -0.15) is 5.26 Å². The zero-order valence-corrected chi connectivity index (χ0v) is 12.1. The Morgan fingerprint density at radius 3 is 2.43 bits per heavy atom. The number of hydrogen-bond donors (Lipinski definition) is 1. The number of nitrogens with zero attached hydrogens (tertiary/aromatic N) is 1. The fourth-order valence-electron chi connectivity index (χ4n) is 1.81. The molecule has 0 spiro atoms. The number of benzene rings is 2. The van der Waals surface area contributed by atoms with Crippen LogP contribution in [0.15, 0.2) is 47.4 Å². The van der Waals surface area contributed by atoms with E-state index < -0.39 is 15.7 Å². The number of nitrogens with one attached hydrogen (secondary N) is 1. The molecule has 0 atom stereocenters. The number of anilines is 1. The van der Waals surface area contributed by atoms with Crippen LogP contribution in [0, 0.1) is 17.1 Å². The molecule has 0 aliphatic carbocycles. The van der Waals surface area contributed by atoms with E-state index in [9.17, 15) is 12.8 Å². The second-order valence-electron chi connectivity index (χ2n) is 4.61. The van der Waals surface area contributed by atoms with Gasteiger partial charge in [-0.3, -0.25) is 0 Å². The van der Waals surface area contributed by atoms with E-state index in [-0.39, 0.29) is 10.5 Å². The van der Waals surface area contributed by atoms with Crippen molar-refractivity contribution in [1.29, 1.82) is 5.26 Å². The van der Waals surface area contributed by atoms with Crippen molar-refractivity contribution in [2.24, 2.45) is 0 Å². The van der Waals surface area contributed by atoms with Crippen LogP contribution >= 0.6 is 0 Å². The third-order valence-corrected chi connectivity index (χ3v) is 4.00. The molecule has 0 fully saturated rings. The predicted molar refractivity (Wildman–Crippen MR) is 78.0 cm³/mol. The summed E-state index contributed by atoms with van der Waals surface area (Å²) < 4.78 is 36.0.